The number of rotatable bonds is 6. The van der Waals surface area contributed by atoms with Crippen molar-refractivity contribution >= 4 is 44.9 Å². The van der Waals surface area contributed by atoms with Crippen LogP contribution in [-0.4, -0.2) is 20.7 Å². The molecule has 1 aromatic carbocycles. The van der Waals surface area contributed by atoms with Gasteiger partial charge in [0.2, 0.25) is 5.91 Å². The second-order valence-corrected chi connectivity index (χ2v) is 10.3. The highest BCUT2D eigenvalue weighted by Gasteiger charge is 2.26. The number of fused-ring (bicyclic) bond motifs is 3. The van der Waals surface area contributed by atoms with Gasteiger partial charge in [-0.25, -0.2) is 9.37 Å². The van der Waals surface area contributed by atoms with E-state index < -0.39 is 11.1 Å². The van der Waals surface area contributed by atoms with E-state index in [0.717, 1.165) is 29.7 Å². The van der Waals surface area contributed by atoms with Crippen LogP contribution in [0, 0.1) is 11.7 Å². The van der Waals surface area contributed by atoms with Gasteiger partial charge in [0.15, 0.2) is 5.16 Å². The van der Waals surface area contributed by atoms with Crippen LogP contribution in [0.3, 0.4) is 0 Å². The highest BCUT2D eigenvalue weighted by Crippen LogP contribution is 2.37. The summed E-state index contributed by atoms with van der Waals surface area (Å²) in [5.41, 5.74) is 1.18. The fraction of sp³-hybridized carbons (Fsp3) is 0.348. The summed E-state index contributed by atoms with van der Waals surface area (Å²) in [7, 11) is 0. The molecule has 1 aliphatic rings. The molecular weight excluding hydrogens is 433 g/mol. The molecule has 0 saturated carbocycles. The number of carbonyl (C=O) groups is 1. The second-order valence-electron chi connectivity index (χ2n) is 7.86. The van der Waals surface area contributed by atoms with Gasteiger partial charge in [0.05, 0.1) is 16.3 Å². The minimum Gasteiger partial charge on any atom is -0.323 e. The summed E-state index contributed by atoms with van der Waals surface area (Å²) < 4.78 is 15.5. The maximum atomic E-state index is 13.9. The van der Waals surface area contributed by atoms with Gasteiger partial charge < -0.3 is 5.32 Å². The molecule has 0 radical (unpaired) electrons. The lowest BCUT2D eigenvalue weighted by Crippen LogP contribution is -2.27. The Bertz CT molecular complexity index is 1220. The molecule has 31 heavy (non-hydrogen) atoms. The first kappa shape index (κ1) is 21.8. The molecule has 0 spiro atoms. The largest absolute Gasteiger partial charge is 0.323 e. The third kappa shape index (κ3) is 4.32. The van der Waals surface area contributed by atoms with E-state index >= 15 is 0 Å². The molecule has 3 aromatic rings. The number of hydrogen-bond donors (Lipinski definition) is 1. The fourth-order valence-corrected chi connectivity index (χ4v) is 6.14. The molecule has 1 aliphatic carbocycles. The Morgan fingerprint density at radius 3 is 3.00 bits per heavy atom. The standard InChI is InChI=1S/C23H24FN3O2S2/c1-4-11-27-22(29)19-15-10-9-13(2)12-18(15)31-21(19)26-23(27)30-14(3)20(28)25-17-8-6-5-7-16(17)24/h4-8,13-14H,1,9-12H2,2-3H3,(H,25,28). The number of halogens is 1. The number of allylic oxidation sites excluding steroid dienone is 1. The van der Waals surface area contributed by atoms with Crippen LogP contribution in [0.4, 0.5) is 10.1 Å². The van der Waals surface area contributed by atoms with Crippen molar-refractivity contribution < 1.29 is 9.18 Å². The number of para-hydroxylation sites is 1. The first-order chi connectivity index (χ1) is 14.9. The number of hydrogen-bond acceptors (Lipinski definition) is 5. The van der Waals surface area contributed by atoms with E-state index in [1.807, 2.05) is 0 Å². The normalized spacial score (nSPS) is 16.7. The monoisotopic (exact) mass is 457 g/mol. The van der Waals surface area contributed by atoms with Crippen LogP contribution < -0.4 is 10.9 Å². The Labute approximate surface area is 188 Å². The lowest BCUT2D eigenvalue weighted by Gasteiger charge is -2.18. The summed E-state index contributed by atoms with van der Waals surface area (Å²) in [5.74, 6) is -0.240. The smallest absolute Gasteiger partial charge is 0.263 e. The summed E-state index contributed by atoms with van der Waals surface area (Å²) in [4.78, 5) is 32.8. The maximum absolute atomic E-state index is 13.9. The number of aryl methyl sites for hydroxylation is 1. The van der Waals surface area contributed by atoms with Crippen LogP contribution in [0.1, 0.15) is 30.7 Å². The lowest BCUT2D eigenvalue weighted by atomic mass is 9.89. The molecule has 2 atom stereocenters. The zero-order valence-electron chi connectivity index (χ0n) is 17.5. The van der Waals surface area contributed by atoms with Gasteiger partial charge >= 0.3 is 0 Å². The van der Waals surface area contributed by atoms with Crippen molar-refractivity contribution in [2.24, 2.45) is 5.92 Å². The molecule has 8 heteroatoms. The van der Waals surface area contributed by atoms with Gasteiger partial charge in [-0.3, -0.25) is 14.2 Å². The summed E-state index contributed by atoms with van der Waals surface area (Å²) in [6, 6.07) is 6.04. The van der Waals surface area contributed by atoms with Crippen molar-refractivity contribution in [1.29, 1.82) is 0 Å². The third-order valence-electron chi connectivity index (χ3n) is 5.48. The van der Waals surface area contributed by atoms with Gasteiger partial charge in [-0.15, -0.1) is 17.9 Å². The summed E-state index contributed by atoms with van der Waals surface area (Å²) in [6.07, 6.45) is 4.60. The van der Waals surface area contributed by atoms with Crippen molar-refractivity contribution in [2.45, 2.75) is 50.1 Å². The van der Waals surface area contributed by atoms with Crippen molar-refractivity contribution in [3.63, 3.8) is 0 Å². The van der Waals surface area contributed by atoms with Gasteiger partial charge in [-0.05, 0) is 49.8 Å². The molecule has 0 aliphatic heterocycles. The third-order valence-corrected chi connectivity index (χ3v) is 7.71. The van der Waals surface area contributed by atoms with Crippen molar-refractivity contribution in [3.05, 3.63) is 63.5 Å². The molecule has 2 heterocycles. The van der Waals surface area contributed by atoms with E-state index in [1.54, 1.807) is 41.0 Å². The number of nitrogens with one attached hydrogen (secondary N) is 1. The SMILES string of the molecule is C=CCn1c(SC(C)C(=O)Nc2ccccc2F)nc2sc3c(c2c1=O)CCC(C)C3. The quantitative estimate of drug-likeness (QED) is 0.320. The number of aromatic nitrogens is 2. The van der Waals surface area contributed by atoms with Gasteiger partial charge in [-0.1, -0.05) is 36.9 Å². The number of amides is 1. The summed E-state index contributed by atoms with van der Waals surface area (Å²) >= 11 is 2.78. The Morgan fingerprint density at radius 2 is 2.26 bits per heavy atom. The predicted molar refractivity (Wildman–Crippen MR) is 126 cm³/mol. The van der Waals surface area contributed by atoms with Gasteiger partial charge in [-0.2, -0.15) is 0 Å². The van der Waals surface area contributed by atoms with E-state index in [0.29, 0.717) is 23.0 Å². The molecule has 1 amide bonds. The molecule has 162 valence electrons. The highest BCUT2D eigenvalue weighted by atomic mass is 32.2. The Kier molecular flexibility index (Phi) is 6.29. The van der Waals surface area contributed by atoms with Crippen LogP contribution in [0.2, 0.25) is 0 Å². The average Bonchev–Trinajstić information content (AvgIpc) is 3.09. The van der Waals surface area contributed by atoms with E-state index in [9.17, 15) is 14.0 Å². The number of thiophene rings is 1. The summed E-state index contributed by atoms with van der Waals surface area (Å²) in [5, 5.41) is 3.22. The number of benzene rings is 1. The number of nitrogens with zero attached hydrogens (tertiary/aromatic N) is 2. The lowest BCUT2D eigenvalue weighted by molar-refractivity contribution is -0.115. The maximum Gasteiger partial charge on any atom is 0.263 e. The number of thioether (sulfide) groups is 1. The predicted octanol–water partition coefficient (Wildman–Crippen LogP) is 5.03. The molecule has 1 N–H and O–H groups in total. The summed E-state index contributed by atoms with van der Waals surface area (Å²) in [6.45, 7) is 8.03. The van der Waals surface area contributed by atoms with Crippen LogP contribution in [-0.2, 0) is 24.2 Å². The first-order valence-corrected chi connectivity index (χ1v) is 12.0. The fourth-order valence-electron chi connectivity index (χ4n) is 3.79. The van der Waals surface area contributed by atoms with Crippen LogP contribution in [0.15, 0.2) is 46.9 Å². The van der Waals surface area contributed by atoms with Crippen molar-refractivity contribution in [1.82, 2.24) is 9.55 Å². The Morgan fingerprint density at radius 1 is 1.48 bits per heavy atom. The van der Waals surface area contributed by atoms with E-state index in [-0.39, 0.29) is 17.2 Å². The van der Waals surface area contributed by atoms with Crippen molar-refractivity contribution in [2.75, 3.05) is 5.32 Å². The molecule has 0 saturated heterocycles. The number of anilines is 1. The van der Waals surface area contributed by atoms with Gasteiger partial charge in [0, 0.05) is 11.4 Å². The second kappa shape index (κ2) is 8.96. The zero-order valence-corrected chi connectivity index (χ0v) is 19.1. The van der Waals surface area contributed by atoms with Crippen LogP contribution in [0.5, 0.6) is 0 Å². The van der Waals surface area contributed by atoms with E-state index in [2.05, 4.69) is 18.8 Å². The first-order valence-electron chi connectivity index (χ1n) is 10.3. The molecule has 2 unspecified atom stereocenters. The topological polar surface area (TPSA) is 64.0 Å². The molecule has 5 nitrogen and oxygen atoms in total. The molecule has 0 bridgehead atoms. The zero-order chi connectivity index (χ0) is 22.1. The highest BCUT2D eigenvalue weighted by molar-refractivity contribution is 8.00. The van der Waals surface area contributed by atoms with Gasteiger partial charge in [0.1, 0.15) is 10.6 Å². The van der Waals surface area contributed by atoms with E-state index in [1.165, 1.54) is 28.8 Å². The molecular formula is C23H24FN3O2S2. The minimum absolute atomic E-state index is 0.0823. The van der Waals surface area contributed by atoms with Gasteiger partial charge in [0.25, 0.3) is 5.56 Å². The van der Waals surface area contributed by atoms with Crippen LogP contribution in [0.25, 0.3) is 10.2 Å². The Hall–Kier alpha value is -2.45. The number of carbonyl (C=O) groups excluding carboxylic acids is 1. The van der Waals surface area contributed by atoms with Crippen LogP contribution >= 0.6 is 23.1 Å². The molecule has 4 rings (SSSR count). The Balaban J connectivity index is 1.67. The molecule has 2 aromatic heterocycles. The minimum atomic E-state index is -0.574. The van der Waals surface area contributed by atoms with Crippen molar-refractivity contribution in [3.8, 4) is 0 Å². The average molecular weight is 458 g/mol. The molecule has 0 fully saturated rings. The van der Waals surface area contributed by atoms with E-state index in [4.69, 9.17) is 4.98 Å².